The lowest BCUT2D eigenvalue weighted by atomic mass is 10.1. The van der Waals surface area contributed by atoms with Gasteiger partial charge in [0.2, 0.25) is 10.0 Å². The van der Waals surface area contributed by atoms with E-state index in [0.29, 0.717) is 5.02 Å². The van der Waals surface area contributed by atoms with Crippen molar-refractivity contribution in [1.82, 2.24) is 15.0 Å². The molecule has 37 heavy (non-hydrogen) atoms. The van der Waals surface area contributed by atoms with Crippen LogP contribution in [-0.4, -0.2) is 24.4 Å². The van der Waals surface area contributed by atoms with E-state index in [1.165, 1.54) is 24.4 Å². The first-order valence-electron chi connectivity index (χ1n) is 11.4. The van der Waals surface area contributed by atoms with Crippen molar-refractivity contribution in [1.29, 1.82) is 0 Å². The van der Waals surface area contributed by atoms with Crippen LogP contribution in [0.3, 0.4) is 0 Å². The Morgan fingerprint density at radius 2 is 1.65 bits per heavy atom. The van der Waals surface area contributed by atoms with Crippen LogP contribution in [0.4, 0.5) is 0 Å². The van der Waals surface area contributed by atoms with Gasteiger partial charge in [-0.1, -0.05) is 66.2 Å². The fourth-order valence-corrected chi connectivity index (χ4v) is 5.23. The third kappa shape index (κ3) is 5.27. The summed E-state index contributed by atoms with van der Waals surface area (Å²) in [5, 5.41) is 16.3. The van der Waals surface area contributed by atoms with Gasteiger partial charge in [0.05, 0.1) is 10.4 Å². The van der Waals surface area contributed by atoms with Crippen LogP contribution in [-0.2, 0) is 23.1 Å². The summed E-state index contributed by atoms with van der Waals surface area (Å²) >= 11 is 5.88. The molecular formula is C28H22ClN3O4S. The number of hydrogen-bond donors (Lipinski definition) is 3. The van der Waals surface area contributed by atoms with E-state index >= 15 is 0 Å². The van der Waals surface area contributed by atoms with Crippen LogP contribution >= 0.6 is 11.6 Å². The van der Waals surface area contributed by atoms with Gasteiger partial charge in [0.1, 0.15) is 11.3 Å². The van der Waals surface area contributed by atoms with Gasteiger partial charge in [-0.25, -0.2) is 13.1 Å². The van der Waals surface area contributed by atoms with Crippen molar-refractivity contribution in [3.05, 3.63) is 113 Å². The maximum absolute atomic E-state index is 13.0. The average molecular weight is 532 g/mol. The molecule has 3 N–H and O–H groups in total. The van der Waals surface area contributed by atoms with Crippen LogP contribution in [0, 0.1) is 0 Å². The van der Waals surface area contributed by atoms with Gasteiger partial charge < -0.3 is 10.4 Å². The third-order valence-corrected chi connectivity index (χ3v) is 7.72. The molecule has 7 nitrogen and oxygen atoms in total. The number of aromatic nitrogens is 1. The van der Waals surface area contributed by atoms with Crippen molar-refractivity contribution in [3.8, 4) is 5.75 Å². The summed E-state index contributed by atoms with van der Waals surface area (Å²) in [5.41, 5.74) is 1.94. The van der Waals surface area contributed by atoms with E-state index in [1.54, 1.807) is 24.3 Å². The lowest BCUT2D eigenvalue weighted by molar-refractivity contribution is 0.0948. The summed E-state index contributed by atoms with van der Waals surface area (Å²) in [7, 11) is -3.86. The van der Waals surface area contributed by atoms with Crippen molar-refractivity contribution in [2.24, 2.45) is 0 Å². The van der Waals surface area contributed by atoms with Crippen molar-refractivity contribution in [3.63, 3.8) is 0 Å². The maximum Gasteiger partial charge on any atom is 0.256 e. The number of benzene rings is 4. The largest absolute Gasteiger partial charge is 0.506 e. The van der Waals surface area contributed by atoms with Gasteiger partial charge in [-0.2, -0.15) is 0 Å². The van der Waals surface area contributed by atoms with E-state index in [4.69, 9.17) is 11.6 Å². The van der Waals surface area contributed by atoms with Crippen LogP contribution in [0.15, 0.2) is 96.0 Å². The Morgan fingerprint density at radius 3 is 2.46 bits per heavy atom. The summed E-state index contributed by atoms with van der Waals surface area (Å²) in [6.07, 6.45) is 1.23. The van der Waals surface area contributed by atoms with Crippen LogP contribution in [0.25, 0.3) is 21.7 Å². The molecule has 0 fully saturated rings. The molecule has 5 aromatic rings. The number of nitrogens with zero attached hydrogens (tertiary/aromatic N) is 1. The molecule has 0 spiro atoms. The first-order valence-corrected chi connectivity index (χ1v) is 13.3. The standard InChI is InChI=1S/C28H22ClN3O4S/c29-21-10-8-18(9-11-21)15-31-28(34)25-17-30-26-14-22(12-13-24(26)27(25)33)37(35,36)32-16-20-6-3-5-19-4-1-2-7-23(19)20/h1-14,17,32H,15-16H2,(H,30,33)(H,31,34). The molecule has 1 amide bonds. The molecule has 0 aliphatic carbocycles. The lowest BCUT2D eigenvalue weighted by Gasteiger charge is -2.11. The first kappa shape index (κ1) is 24.7. The van der Waals surface area contributed by atoms with Gasteiger partial charge in [-0.05, 0) is 52.2 Å². The number of carbonyl (C=O) groups excluding carboxylic acids is 1. The highest BCUT2D eigenvalue weighted by atomic mass is 35.5. The van der Waals surface area contributed by atoms with E-state index < -0.39 is 15.9 Å². The third-order valence-electron chi connectivity index (χ3n) is 6.07. The Kier molecular flexibility index (Phi) is 6.80. The molecule has 0 radical (unpaired) electrons. The van der Waals surface area contributed by atoms with E-state index in [2.05, 4.69) is 15.0 Å². The van der Waals surface area contributed by atoms with Crippen LogP contribution in [0.5, 0.6) is 5.75 Å². The fraction of sp³-hybridized carbons (Fsp3) is 0.0714. The minimum Gasteiger partial charge on any atom is -0.506 e. The van der Waals surface area contributed by atoms with Gasteiger partial charge in [0, 0.05) is 29.7 Å². The molecule has 1 aromatic heterocycles. The molecule has 0 atom stereocenters. The number of fused-ring (bicyclic) bond motifs is 2. The topological polar surface area (TPSA) is 108 Å². The lowest BCUT2D eigenvalue weighted by Crippen LogP contribution is -2.23. The highest BCUT2D eigenvalue weighted by Crippen LogP contribution is 2.29. The van der Waals surface area contributed by atoms with Crippen LogP contribution in [0.1, 0.15) is 21.5 Å². The zero-order valence-electron chi connectivity index (χ0n) is 19.5. The highest BCUT2D eigenvalue weighted by molar-refractivity contribution is 7.89. The highest BCUT2D eigenvalue weighted by Gasteiger charge is 2.19. The number of amides is 1. The Labute approximate surface area is 218 Å². The normalized spacial score (nSPS) is 11.6. The number of aromatic hydroxyl groups is 1. The number of carbonyl (C=O) groups is 1. The number of hydrogen-bond acceptors (Lipinski definition) is 5. The molecule has 5 rings (SSSR count). The molecule has 0 aliphatic rings. The van der Waals surface area contributed by atoms with E-state index in [-0.39, 0.29) is 40.2 Å². The van der Waals surface area contributed by atoms with Gasteiger partial charge >= 0.3 is 0 Å². The Hall–Kier alpha value is -3.98. The number of pyridine rings is 1. The molecule has 0 saturated heterocycles. The van der Waals surface area contributed by atoms with Gasteiger partial charge in [-0.15, -0.1) is 0 Å². The number of halogens is 1. The maximum atomic E-state index is 13.0. The van der Waals surface area contributed by atoms with Gasteiger partial charge in [0.25, 0.3) is 5.91 Å². The van der Waals surface area contributed by atoms with Crippen molar-refractivity contribution < 1.29 is 18.3 Å². The van der Waals surface area contributed by atoms with Crippen LogP contribution < -0.4 is 10.0 Å². The van der Waals surface area contributed by atoms with Crippen LogP contribution in [0.2, 0.25) is 5.02 Å². The molecule has 9 heteroatoms. The van der Waals surface area contributed by atoms with E-state index in [1.807, 2.05) is 42.5 Å². The predicted octanol–water partition coefficient (Wildman–Crippen LogP) is 5.16. The summed E-state index contributed by atoms with van der Waals surface area (Å²) in [6, 6.07) is 24.7. The molecule has 0 bridgehead atoms. The average Bonchev–Trinajstić information content (AvgIpc) is 2.91. The second-order valence-electron chi connectivity index (χ2n) is 8.47. The smallest absolute Gasteiger partial charge is 0.256 e. The fourth-order valence-electron chi connectivity index (χ4n) is 4.07. The zero-order valence-corrected chi connectivity index (χ0v) is 21.1. The second kappa shape index (κ2) is 10.2. The Bertz CT molecular complexity index is 1730. The second-order valence-corrected chi connectivity index (χ2v) is 10.7. The van der Waals surface area contributed by atoms with Gasteiger partial charge in [-0.3, -0.25) is 9.78 Å². The predicted molar refractivity (Wildman–Crippen MR) is 144 cm³/mol. The monoisotopic (exact) mass is 531 g/mol. The Balaban J connectivity index is 1.34. The molecule has 0 saturated carbocycles. The van der Waals surface area contributed by atoms with E-state index in [0.717, 1.165) is 21.9 Å². The first-order chi connectivity index (χ1) is 17.8. The minimum atomic E-state index is -3.86. The molecule has 186 valence electrons. The molecule has 1 heterocycles. The quantitative estimate of drug-likeness (QED) is 0.269. The number of nitrogens with one attached hydrogen (secondary N) is 2. The number of rotatable bonds is 7. The Morgan fingerprint density at radius 1 is 0.892 bits per heavy atom. The summed E-state index contributed by atoms with van der Waals surface area (Å²) in [5.74, 6) is -0.776. The summed E-state index contributed by atoms with van der Waals surface area (Å²) in [4.78, 5) is 16.9. The molecular weight excluding hydrogens is 510 g/mol. The van der Waals surface area contributed by atoms with Crippen molar-refractivity contribution >= 4 is 49.2 Å². The van der Waals surface area contributed by atoms with Gasteiger partial charge in [0.15, 0.2) is 0 Å². The zero-order chi connectivity index (χ0) is 26.0. The number of sulfonamides is 1. The van der Waals surface area contributed by atoms with Crippen molar-refractivity contribution in [2.45, 2.75) is 18.0 Å². The molecule has 4 aromatic carbocycles. The summed E-state index contributed by atoms with van der Waals surface area (Å²) in [6.45, 7) is 0.361. The van der Waals surface area contributed by atoms with Crippen molar-refractivity contribution in [2.75, 3.05) is 0 Å². The SMILES string of the molecule is O=C(NCc1ccc(Cl)cc1)c1cnc2cc(S(=O)(=O)NCc3cccc4ccccc34)ccc2c1O. The minimum absolute atomic E-state index is 0.00655. The molecule has 0 unspecified atom stereocenters. The summed E-state index contributed by atoms with van der Waals surface area (Å²) < 4.78 is 28.7. The molecule has 0 aliphatic heterocycles. The van der Waals surface area contributed by atoms with E-state index in [9.17, 15) is 18.3 Å².